The van der Waals surface area contributed by atoms with Crippen molar-refractivity contribution in [1.29, 1.82) is 0 Å². The molecule has 0 amide bonds. The molecule has 0 saturated carbocycles. The molecule has 0 aliphatic carbocycles. The molecule has 1 N–H and O–H groups in total. The van der Waals surface area contributed by atoms with Gasteiger partial charge in [-0.15, -0.1) is 0 Å². The average molecular weight is 347 g/mol. The second kappa shape index (κ2) is 7.74. The summed E-state index contributed by atoms with van der Waals surface area (Å²) in [5.41, 5.74) is 0.769. The van der Waals surface area contributed by atoms with E-state index in [9.17, 15) is 23.1 Å². The smallest absolute Gasteiger partial charge is 0.422 e. The van der Waals surface area contributed by atoms with Gasteiger partial charge in [0, 0.05) is 6.54 Å². The van der Waals surface area contributed by atoms with Crippen molar-refractivity contribution in [3.05, 3.63) is 23.8 Å². The third kappa shape index (κ3) is 5.02. The van der Waals surface area contributed by atoms with E-state index in [1.807, 2.05) is 4.90 Å². The first-order valence-electron chi connectivity index (χ1n) is 7.72. The minimum Gasteiger partial charge on any atom is -0.490 e. The first-order valence-corrected chi connectivity index (χ1v) is 7.72. The highest BCUT2D eigenvalue weighted by Crippen LogP contribution is 2.31. The topological polar surface area (TPSA) is 59.0 Å². The lowest BCUT2D eigenvalue weighted by atomic mass is 10.1. The Morgan fingerprint density at radius 3 is 2.71 bits per heavy atom. The summed E-state index contributed by atoms with van der Waals surface area (Å²) in [5.74, 6) is -0.609. The van der Waals surface area contributed by atoms with E-state index in [1.54, 1.807) is 19.1 Å². The summed E-state index contributed by atoms with van der Waals surface area (Å²) >= 11 is 0. The van der Waals surface area contributed by atoms with Crippen molar-refractivity contribution >= 4 is 5.97 Å². The van der Waals surface area contributed by atoms with E-state index >= 15 is 0 Å². The zero-order valence-corrected chi connectivity index (χ0v) is 13.3. The molecule has 1 heterocycles. The van der Waals surface area contributed by atoms with Crippen LogP contribution in [-0.2, 0) is 11.3 Å². The van der Waals surface area contributed by atoms with Crippen LogP contribution in [0, 0.1) is 0 Å². The summed E-state index contributed by atoms with van der Waals surface area (Å²) in [6, 6.07) is 4.14. The fourth-order valence-electron chi connectivity index (χ4n) is 2.73. The molecule has 1 aromatic rings. The number of nitrogens with zero attached hydrogens (tertiary/aromatic N) is 1. The van der Waals surface area contributed by atoms with Gasteiger partial charge in [0.25, 0.3) is 0 Å². The number of aliphatic carboxylic acids is 1. The van der Waals surface area contributed by atoms with E-state index in [2.05, 4.69) is 0 Å². The number of hydrogen-bond acceptors (Lipinski definition) is 4. The number of carboxylic acids is 1. The van der Waals surface area contributed by atoms with E-state index in [0.29, 0.717) is 19.5 Å². The molecule has 5 nitrogen and oxygen atoms in total. The summed E-state index contributed by atoms with van der Waals surface area (Å²) in [6.07, 6.45) is -3.02. The molecular weight excluding hydrogens is 327 g/mol. The SMILES string of the molecule is CCOc1cc(CN2CCC[C@H]2C(=O)O)ccc1OCC(F)(F)F. The van der Waals surface area contributed by atoms with E-state index < -0.39 is 24.8 Å². The average Bonchev–Trinajstić information content (AvgIpc) is 2.94. The molecular formula is C16H20F3NO4. The molecule has 1 aliphatic rings. The molecule has 0 spiro atoms. The molecule has 1 fully saturated rings. The summed E-state index contributed by atoms with van der Waals surface area (Å²) in [5, 5.41) is 9.20. The van der Waals surface area contributed by atoms with Crippen LogP contribution in [0.1, 0.15) is 25.3 Å². The lowest BCUT2D eigenvalue weighted by molar-refractivity contribution is -0.153. The molecule has 0 aromatic heterocycles. The highest BCUT2D eigenvalue weighted by atomic mass is 19.4. The number of ether oxygens (including phenoxy) is 2. The zero-order chi connectivity index (χ0) is 17.7. The van der Waals surface area contributed by atoms with Crippen LogP contribution in [0.4, 0.5) is 13.2 Å². The van der Waals surface area contributed by atoms with Gasteiger partial charge < -0.3 is 14.6 Å². The monoisotopic (exact) mass is 347 g/mol. The van der Waals surface area contributed by atoms with Gasteiger partial charge in [0.1, 0.15) is 6.04 Å². The van der Waals surface area contributed by atoms with Crippen LogP contribution in [0.2, 0.25) is 0 Å². The van der Waals surface area contributed by atoms with Gasteiger partial charge >= 0.3 is 12.1 Å². The van der Waals surface area contributed by atoms with Crippen LogP contribution >= 0.6 is 0 Å². The third-order valence-electron chi connectivity index (χ3n) is 3.73. The molecule has 0 radical (unpaired) electrons. The molecule has 1 aliphatic heterocycles. The molecule has 0 unspecified atom stereocenters. The van der Waals surface area contributed by atoms with Crippen molar-refractivity contribution < 1.29 is 32.5 Å². The first-order chi connectivity index (χ1) is 11.3. The quantitative estimate of drug-likeness (QED) is 0.821. The minimum absolute atomic E-state index is 0.0223. The second-order valence-electron chi connectivity index (χ2n) is 5.58. The van der Waals surface area contributed by atoms with E-state index in [-0.39, 0.29) is 18.1 Å². The highest BCUT2D eigenvalue weighted by molar-refractivity contribution is 5.73. The Balaban J connectivity index is 2.11. The van der Waals surface area contributed by atoms with Crippen LogP contribution in [0.25, 0.3) is 0 Å². The van der Waals surface area contributed by atoms with E-state index in [4.69, 9.17) is 9.47 Å². The van der Waals surface area contributed by atoms with Gasteiger partial charge in [0.15, 0.2) is 18.1 Å². The maximum atomic E-state index is 12.3. The second-order valence-corrected chi connectivity index (χ2v) is 5.58. The Morgan fingerprint density at radius 2 is 2.08 bits per heavy atom. The fourth-order valence-corrected chi connectivity index (χ4v) is 2.73. The molecule has 24 heavy (non-hydrogen) atoms. The van der Waals surface area contributed by atoms with Crippen LogP contribution in [0.15, 0.2) is 18.2 Å². The number of hydrogen-bond donors (Lipinski definition) is 1. The van der Waals surface area contributed by atoms with Crippen molar-refractivity contribution in [2.75, 3.05) is 19.8 Å². The highest BCUT2D eigenvalue weighted by Gasteiger charge is 2.31. The molecule has 134 valence electrons. The first kappa shape index (κ1) is 18.4. The Morgan fingerprint density at radius 1 is 1.33 bits per heavy atom. The Hall–Kier alpha value is -1.96. The zero-order valence-electron chi connectivity index (χ0n) is 13.3. The van der Waals surface area contributed by atoms with E-state index in [0.717, 1.165) is 12.0 Å². The van der Waals surface area contributed by atoms with Gasteiger partial charge in [0.2, 0.25) is 0 Å². The normalized spacial score (nSPS) is 18.6. The summed E-state index contributed by atoms with van der Waals surface area (Å²) < 4.78 is 47.0. The van der Waals surface area contributed by atoms with Gasteiger partial charge in [-0.2, -0.15) is 13.2 Å². The number of carboxylic acid groups (broad SMARTS) is 1. The number of benzene rings is 1. The standard InChI is InChI=1S/C16H20F3NO4/c1-2-23-14-8-11(5-6-13(14)24-10-16(17,18)19)9-20-7-3-4-12(20)15(21)22/h5-6,8,12H,2-4,7,9-10H2,1H3,(H,21,22)/t12-/m0/s1. The van der Waals surface area contributed by atoms with Crippen LogP contribution in [0.3, 0.4) is 0 Å². The van der Waals surface area contributed by atoms with Crippen LogP contribution in [-0.4, -0.2) is 48.0 Å². The summed E-state index contributed by atoms with van der Waals surface area (Å²) in [4.78, 5) is 13.0. The van der Waals surface area contributed by atoms with Gasteiger partial charge in [-0.1, -0.05) is 6.07 Å². The number of alkyl halides is 3. The molecule has 1 saturated heterocycles. The Labute approximate surface area is 138 Å². The molecule has 1 atom stereocenters. The fraction of sp³-hybridized carbons (Fsp3) is 0.562. The third-order valence-corrected chi connectivity index (χ3v) is 3.73. The Kier molecular flexibility index (Phi) is 5.93. The van der Waals surface area contributed by atoms with Crippen molar-refractivity contribution in [2.24, 2.45) is 0 Å². The van der Waals surface area contributed by atoms with Gasteiger partial charge in [-0.05, 0) is 44.0 Å². The van der Waals surface area contributed by atoms with Gasteiger partial charge in [-0.25, -0.2) is 0 Å². The van der Waals surface area contributed by atoms with Crippen LogP contribution in [0.5, 0.6) is 11.5 Å². The number of likely N-dealkylation sites (tertiary alicyclic amines) is 1. The predicted octanol–water partition coefficient (Wildman–Crippen LogP) is 3.08. The summed E-state index contributed by atoms with van der Waals surface area (Å²) in [6.45, 7) is 1.69. The van der Waals surface area contributed by atoms with Crippen molar-refractivity contribution in [2.45, 2.75) is 38.5 Å². The molecule has 2 rings (SSSR count). The van der Waals surface area contributed by atoms with E-state index in [1.165, 1.54) is 6.07 Å². The molecule has 0 bridgehead atoms. The number of rotatable bonds is 7. The largest absolute Gasteiger partial charge is 0.490 e. The molecule has 8 heteroatoms. The number of halogens is 3. The Bertz CT molecular complexity index is 577. The lowest BCUT2D eigenvalue weighted by Crippen LogP contribution is -2.35. The van der Waals surface area contributed by atoms with Gasteiger partial charge in [0.05, 0.1) is 6.61 Å². The molecule has 1 aromatic carbocycles. The maximum Gasteiger partial charge on any atom is 0.422 e. The van der Waals surface area contributed by atoms with Crippen molar-refractivity contribution in [1.82, 2.24) is 4.90 Å². The van der Waals surface area contributed by atoms with Crippen LogP contribution < -0.4 is 9.47 Å². The maximum absolute atomic E-state index is 12.3. The van der Waals surface area contributed by atoms with Crippen molar-refractivity contribution in [3.63, 3.8) is 0 Å². The van der Waals surface area contributed by atoms with Gasteiger partial charge in [-0.3, -0.25) is 9.69 Å². The minimum atomic E-state index is -4.42. The summed E-state index contributed by atoms with van der Waals surface area (Å²) in [7, 11) is 0. The lowest BCUT2D eigenvalue weighted by Gasteiger charge is -2.22. The number of carbonyl (C=O) groups is 1. The van der Waals surface area contributed by atoms with Crippen molar-refractivity contribution in [3.8, 4) is 11.5 Å². The predicted molar refractivity (Wildman–Crippen MR) is 80.2 cm³/mol.